The van der Waals surface area contributed by atoms with E-state index in [0.29, 0.717) is 33.4 Å². The van der Waals surface area contributed by atoms with E-state index in [4.69, 9.17) is 30.7 Å². The summed E-state index contributed by atoms with van der Waals surface area (Å²) in [6, 6.07) is 2.99. The smallest absolute Gasteiger partial charge is 0.358 e. The van der Waals surface area contributed by atoms with Crippen LogP contribution < -0.4 is 9.47 Å². The second kappa shape index (κ2) is 5.42. The van der Waals surface area contributed by atoms with Crippen molar-refractivity contribution in [2.24, 2.45) is 0 Å². The van der Waals surface area contributed by atoms with Crippen LogP contribution in [0.3, 0.4) is 0 Å². The van der Waals surface area contributed by atoms with Gasteiger partial charge in [0.15, 0.2) is 23.0 Å². The molecule has 0 atom stereocenters. The van der Waals surface area contributed by atoms with Crippen LogP contribution in [0.25, 0.3) is 11.3 Å². The molecule has 0 spiro atoms. The number of ether oxygens (including phenoxy) is 2. The Balaban J connectivity index is 2.61. The summed E-state index contributed by atoms with van der Waals surface area (Å²) in [7, 11) is 2.97. The summed E-state index contributed by atoms with van der Waals surface area (Å²) in [5.41, 5.74) is 1.09. The second-order valence-corrected chi connectivity index (χ2v) is 4.36. The molecule has 0 bridgehead atoms. The van der Waals surface area contributed by atoms with E-state index in [9.17, 15) is 4.79 Å². The average molecular weight is 298 g/mol. The van der Waals surface area contributed by atoms with Crippen molar-refractivity contribution in [1.82, 2.24) is 5.16 Å². The Morgan fingerprint density at radius 3 is 2.55 bits per heavy atom. The lowest BCUT2D eigenvalue weighted by Gasteiger charge is -2.13. The molecular formula is C13H12ClNO5. The van der Waals surface area contributed by atoms with E-state index in [0.717, 1.165) is 0 Å². The third-order valence-electron chi connectivity index (χ3n) is 2.85. The van der Waals surface area contributed by atoms with Crippen molar-refractivity contribution in [1.29, 1.82) is 0 Å². The van der Waals surface area contributed by atoms with Gasteiger partial charge in [0.2, 0.25) is 0 Å². The van der Waals surface area contributed by atoms with Gasteiger partial charge in [-0.1, -0.05) is 16.8 Å². The summed E-state index contributed by atoms with van der Waals surface area (Å²) in [5.74, 6) is -0.0354. The summed E-state index contributed by atoms with van der Waals surface area (Å²) in [5, 5.41) is 12.7. The molecule has 106 valence electrons. The van der Waals surface area contributed by atoms with E-state index in [-0.39, 0.29) is 5.69 Å². The van der Waals surface area contributed by atoms with Crippen molar-refractivity contribution in [2.75, 3.05) is 14.2 Å². The quantitative estimate of drug-likeness (QED) is 0.934. The van der Waals surface area contributed by atoms with Crippen molar-refractivity contribution >= 4 is 17.6 Å². The van der Waals surface area contributed by atoms with E-state index in [1.54, 1.807) is 13.0 Å². The topological polar surface area (TPSA) is 81.8 Å². The fourth-order valence-corrected chi connectivity index (χ4v) is 2.07. The molecule has 7 heteroatoms. The number of carboxylic acids is 1. The number of hydrogen-bond acceptors (Lipinski definition) is 5. The van der Waals surface area contributed by atoms with Crippen LogP contribution in [-0.4, -0.2) is 30.5 Å². The van der Waals surface area contributed by atoms with Crippen LogP contribution in [-0.2, 0) is 0 Å². The number of aromatic carboxylic acids is 1. The zero-order chi connectivity index (χ0) is 14.9. The molecule has 2 rings (SSSR count). The third-order valence-corrected chi connectivity index (χ3v) is 3.31. The Bertz CT molecular complexity index is 665. The van der Waals surface area contributed by atoms with Gasteiger partial charge in [-0.25, -0.2) is 4.79 Å². The molecule has 0 radical (unpaired) electrons. The van der Waals surface area contributed by atoms with Crippen LogP contribution in [0.4, 0.5) is 0 Å². The third kappa shape index (κ3) is 2.30. The largest absolute Gasteiger partial charge is 0.493 e. The number of aromatic nitrogens is 1. The summed E-state index contributed by atoms with van der Waals surface area (Å²) in [6.45, 7) is 1.77. The SMILES string of the molecule is COc1cc(-c2cc(C(=O)O)no2)c(C)c(Cl)c1OC. The summed E-state index contributed by atoms with van der Waals surface area (Å²) >= 11 is 6.22. The number of carbonyl (C=O) groups is 1. The highest BCUT2D eigenvalue weighted by molar-refractivity contribution is 6.33. The second-order valence-electron chi connectivity index (χ2n) is 3.98. The molecule has 1 aromatic carbocycles. The molecule has 2 aromatic rings. The highest BCUT2D eigenvalue weighted by Gasteiger charge is 2.20. The van der Waals surface area contributed by atoms with Crippen molar-refractivity contribution in [3.63, 3.8) is 0 Å². The van der Waals surface area contributed by atoms with Crippen molar-refractivity contribution in [2.45, 2.75) is 6.92 Å². The number of hydrogen-bond donors (Lipinski definition) is 1. The molecule has 0 saturated carbocycles. The Morgan fingerprint density at radius 2 is 2.05 bits per heavy atom. The first-order chi connectivity index (χ1) is 9.49. The molecule has 0 unspecified atom stereocenters. The van der Waals surface area contributed by atoms with Gasteiger partial charge in [-0.3, -0.25) is 0 Å². The lowest BCUT2D eigenvalue weighted by atomic mass is 10.0. The molecule has 1 heterocycles. The Hall–Kier alpha value is -2.21. The van der Waals surface area contributed by atoms with Gasteiger partial charge in [0, 0.05) is 11.6 Å². The Labute approximate surface area is 119 Å². The highest BCUT2D eigenvalue weighted by Crippen LogP contribution is 2.42. The number of nitrogens with zero attached hydrogens (tertiary/aromatic N) is 1. The predicted molar refractivity (Wildman–Crippen MR) is 71.7 cm³/mol. The van der Waals surface area contributed by atoms with Gasteiger partial charge in [-0.05, 0) is 18.6 Å². The molecule has 0 amide bonds. The molecule has 20 heavy (non-hydrogen) atoms. The van der Waals surface area contributed by atoms with Crippen LogP contribution in [0.15, 0.2) is 16.7 Å². The Morgan fingerprint density at radius 1 is 1.35 bits per heavy atom. The number of methoxy groups -OCH3 is 2. The maximum Gasteiger partial charge on any atom is 0.358 e. The molecule has 0 aliphatic carbocycles. The molecule has 1 aromatic heterocycles. The zero-order valence-corrected chi connectivity index (χ0v) is 11.8. The standard InChI is InChI=1S/C13H12ClNO5/c1-6-7(9-5-8(13(16)17)15-20-9)4-10(18-2)12(19-3)11(6)14/h4-5H,1-3H3,(H,16,17). The van der Waals surface area contributed by atoms with E-state index in [1.165, 1.54) is 20.3 Å². The maximum atomic E-state index is 10.8. The molecule has 0 aliphatic rings. The molecule has 6 nitrogen and oxygen atoms in total. The minimum atomic E-state index is -1.16. The van der Waals surface area contributed by atoms with Crippen LogP contribution in [0.5, 0.6) is 11.5 Å². The maximum absolute atomic E-state index is 10.8. The van der Waals surface area contributed by atoms with E-state index in [2.05, 4.69) is 5.16 Å². The van der Waals surface area contributed by atoms with Crippen molar-refractivity contribution in [3.05, 3.63) is 28.4 Å². The first-order valence-corrected chi connectivity index (χ1v) is 5.98. The molecule has 0 aliphatic heterocycles. The van der Waals surface area contributed by atoms with E-state index < -0.39 is 5.97 Å². The normalized spacial score (nSPS) is 10.4. The summed E-state index contributed by atoms with van der Waals surface area (Å²) in [4.78, 5) is 10.8. The molecular weight excluding hydrogens is 286 g/mol. The number of rotatable bonds is 4. The highest BCUT2D eigenvalue weighted by atomic mass is 35.5. The summed E-state index contributed by atoms with van der Waals surface area (Å²) in [6.07, 6.45) is 0. The number of benzene rings is 1. The van der Waals surface area contributed by atoms with E-state index >= 15 is 0 Å². The zero-order valence-electron chi connectivity index (χ0n) is 11.1. The van der Waals surface area contributed by atoms with Gasteiger partial charge < -0.3 is 19.1 Å². The van der Waals surface area contributed by atoms with Crippen LogP contribution in [0.1, 0.15) is 16.1 Å². The van der Waals surface area contributed by atoms with Gasteiger partial charge in [-0.15, -0.1) is 0 Å². The van der Waals surface area contributed by atoms with Gasteiger partial charge in [-0.2, -0.15) is 0 Å². The average Bonchev–Trinajstić information content (AvgIpc) is 2.91. The van der Waals surface area contributed by atoms with Crippen molar-refractivity contribution < 1.29 is 23.9 Å². The minimum absolute atomic E-state index is 0.176. The lowest BCUT2D eigenvalue weighted by Crippen LogP contribution is -1.95. The minimum Gasteiger partial charge on any atom is -0.493 e. The Kier molecular flexibility index (Phi) is 3.85. The molecule has 0 fully saturated rings. The first kappa shape index (κ1) is 14.2. The van der Waals surface area contributed by atoms with Crippen LogP contribution in [0, 0.1) is 6.92 Å². The van der Waals surface area contributed by atoms with Gasteiger partial charge in [0.1, 0.15) is 0 Å². The first-order valence-electron chi connectivity index (χ1n) is 5.61. The van der Waals surface area contributed by atoms with Gasteiger partial charge in [0.25, 0.3) is 0 Å². The fourth-order valence-electron chi connectivity index (χ4n) is 1.80. The monoisotopic (exact) mass is 297 g/mol. The van der Waals surface area contributed by atoms with Gasteiger partial charge in [0.05, 0.1) is 19.2 Å². The lowest BCUT2D eigenvalue weighted by molar-refractivity contribution is 0.0686. The van der Waals surface area contributed by atoms with Crippen LogP contribution in [0.2, 0.25) is 5.02 Å². The number of carboxylic acid groups (broad SMARTS) is 1. The fraction of sp³-hybridized carbons (Fsp3) is 0.231. The van der Waals surface area contributed by atoms with Crippen molar-refractivity contribution in [3.8, 4) is 22.8 Å². The van der Waals surface area contributed by atoms with Crippen LogP contribution >= 0.6 is 11.6 Å². The summed E-state index contributed by atoms with van der Waals surface area (Å²) < 4.78 is 15.4. The predicted octanol–water partition coefficient (Wildman–Crippen LogP) is 3.02. The molecule has 0 saturated heterocycles. The van der Waals surface area contributed by atoms with Gasteiger partial charge >= 0.3 is 5.97 Å². The molecule has 1 N–H and O–H groups in total. The number of halogens is 1. The van der Waals surface area contributed by atoms with E-state index in [1.807, 2.05) is 0 Å².